The number of halogens is 3. The Bertz CT molecular complexity index is 859. The van der Waals surface area contributed by atoms with Crippen molar-refractivity contribution in [3.8, 4) is 5.75 Å². The molecule has 0 aliphatic heterocycles. The first-order valence-corrected chi connectivity index (χ1v) is 7.83. The smallest absolute Gasteiger partial charge is 0.417 e. The quantitative estimate of drug-likeness (QED) is 0.882. The maximum Gasteiger partial charge on any atom is 0.417 e. The van der Waals surface area contributed by atoms with Crippen LogP contribution in [0.25, 0.3) is 0 Å². The van der Waals surface area contributed by atoms with Crippen LogP contribution < -0.4 is 15.6 Å². The minimum atomic E-state index is -4.59. The second kappa shape index (κ2) is 7.63. The molecule has 2 rings (SSSR count). The Labute approximate surface area is 148 Å². The van der Waals surface area contributed by atoms with E-state index >= 15 is 0 Å². The molecule has 1 heterocycles. The van der Waals surface area contributed by atoms with Crippen LogP contribution in [-0.4, -0.2) is 17.6 Å². The van der Waals surface area contributed by atoms with Crippen LogP contribution in [0.3, 0.4) is 0 Å². The largest absolute Gasteiger partial charge is 0.496 e. The Morgan fingerprint density at radius 3 is 2.58 bits per heavy atom. The summed E-state index contributed by atoms with van der Waals surface area (Å²) in [6, 6.07) is 6.52. The molecule has 5 nitrogen and oxygen atoms in total. The van der Waals surface area contributed by atoms with E-state index in [9.17, 15) is 22.8 Å². The van der Waals surface area contributed by atoms with Gasteiger partial charge in [-0.15, -0.1) is 0 Å². The van der Waals surface area contributed by atoms with Crippen LogP contribution in [0, 0.1) is 6.92 Å². The van der Waals surface area contributed by atoms with E-state index in [0.717, 1.165) is 21.8 Å². The number of hydrogen-bond donors (Lipinski definition) is 1. The number of carbonyl (C=O) groups excluding carboxylic acids is 1. The molecular weight excluding hydrogens is 349 g/mol. The Balaban J connectivity index is 2.17. The number of rotatable bonds is 5. The third-order valence-electron chi connectivity index (χ3n) is 3.85. The van der Waals surface area contributed by atoms with Crippen LogP contribution in [0.1, 0.15) is 29.7 Å². The van der Waals surface area contributed by atoms with Crippen LogP contribution in [-0.2, 0) is 17.5 Å². The number of hydrogen-bond acceptors (Lipinski definition) is 3. The van der Waals surface area contributed by atoms with Crippen molar-refractivity contribution in [2.45, 2.75) is 32.6 Å². The monoisotopic (exact) mass is 368 g/mol. The molecule has 1 atom stereocenters. The number of benzene rings is 1. The van der Waals surface area contributed by atoms with Crippen molar-refractivity contribution in [1.29, 1.82) is 0 Å². The summed E-state index contributed by atoms with van der Waals surface area (Å²) in [6.45, 7) is 3.10. The van der Waals surface area contributed by atoms with Gasteiger partial charge in [-0.1, -0.05) is 17.7 Å². The predicted octanol–water partition coefficient (Wildman–Crippen LogP) is 3.06. The molecule has 8 heteroatoms. The number of alkyl halides is 3. The average molecular weight is 368 g/mol. The Morgan fingerprint density at radius 1 is 1.27 bits per heavy atom. The Morgan fingerprint density at radius 2 is 1.96 bits per heavy atom. The fourth-order valence-corrected chi connectivity index (χ4v) is 2.53. The number of amides is 1. The van der Waals surface area contributed by atoms with Crippen molar-refractivity contribution in [1.82, 2.24) is 9.88 Å². The predicted molar refractivity (Wildman–Crippen MR) is 90.0 cm³/mol. The molecule has 0 saturated heterocycles. The summed E-state index contributed by atoms with van der Waals surface area (Å²) in [7, 11) is 1.50. The van der Waals surface area contributed by atoms with Gasteiger partial charge in [-0.2, -0.15) is 13.2 Å². The first kappa shape index (κ1) is 19.6. The van der Waals surface area contributed by atoms with Crippen molar-refractivity contribution in [3.63, 3.8) is 0 Å². The number of carbonyl (C=O) groups is 1. The molecule has 2 aromatic rings. The van der Waals surface area contributed by atoms with E-state index in [2.05, 4.69) is 5.32 Å². The summed E-state index contributed by atoms with van der Waals surface area (Å²) >= 11 is 0. The van der Waals surface area contributed by atoms with Crippen molar-refractivity contribution in [3.05, 3.63) is 63.6 Å². The second-order valence-electron chi connectivity index (χ2n) is 5.92. The van der Waals surface area contributed by atoms with Gasteiger partial charge >= 0.3 is 6.18 Å². The molecule has 26 heavy (non-hydrogen) atoms. The van der Waals surface area contributed by atoms with E-state index in [-0.39, 0.29) is 0 Å². The number of nitrogens with zero attached hydrogens (tertiary/aromatic N) is 1. The highest BCUT2D eigenvalue weighted by Crippen LogP contribution is 2.28. The summed E-state index contributed by atoms with van der Waals surface area (Å²) in [5, 5.41) is 2.67. The molecule has 140 valence electrons. The number of pyridine rings is 1. The molecule has 1 N–H and O–H groups in total. The first-order chi connectivity index (χ1) is 12.1. The maximum absolute atomic E-state index is 12.8. The van der Waals surface area contributed by atoms with Gasteiger partial charge in [0.05, 0.1) is 18.7 Å². The highest BCUT2D eigenvalue weighted by atomic mass is 19.4. The van der Waals surface area contributed by atoms with Gasteiger partial charge in [0, 0.05) is 17.8 Å². The molecule has 1 aromatic heterocycles. The van der Waals surface area contributed by atoms with E-state index in [0.29, 0.717) is 18.0 Å². The summed E-state index contributed by atoms with van der Waals surface area (Å²) in [5.41, 5.74) is 0.0282. The molecule has 1 aromatic carbocycles. The van der Waals surface area contributed by atoms with Gasteiger partial charge < -0.3 is 14.6 Å². The molecule has 0 radical (unpaired) electrons. The van der Waals surface area contributed by atoms with Gasteiger partial charge in [0.15, 0.2) is 0 Å². The second-order valence-corrected chi connectivity index (χ2v) is 5.92. The van der Waals surface area contributed by atoms with E-state index < -0.39 is 35.8 Å². The molecule has 1 amide bonds. The number of nitrogens with one attached hydrogen (secondary N) is 1. The molecule has 0 fully saturated rings. The third kappa shape index (κ3) is 4.65. The van der Waals surface area contributed by atoms with Crippen LogP contribution >= 0.6 is 0 Å². The van der Waals surface area contributed by atoms with Crippen LogP contribution in [0.5, 0.6) is 5.75 Å². The Hall–Kier alpha value is -2.77. The van der Waals surface area contributed by atoms with Gasteiger partial charge in [-0.3, -0.25) is 9.59 Å². The zero-order chi connectivity index (χ0) is 19.5. The fraction of sp³-hybridized carbons (Fsp3) is 0.333. The lowest BCUT2D eigenvalue weighted by molar-refractivity contribution is -0.138. The molecule has 0 unspecified atom stereocenters. The van der Waals surface area contributed by atoms with Gasteiger partial charge in [-0.05, 0) is 26.0 Å². The molecular formula is C18H19F3N2O3. The lowest BCUT2D eigenvalue weighted by atomic mass is 10.0. The van der Waals surface area contributed by atoms with Crippen molar-refractivity contribution >= 4 is 5.91 Å². The maximum atomic E-state index is 12.8. The lowest BCUT2D eigenvalue weighted by Crippen LogP contribution is -2.34. The highest BCUT2D eigenvalue weighted by molar-refractivity contribution is 5.76. The van der Waals surface area contributed by atoms with E-state index in [4.69, 9.17) is 4.74 Å². The normalized spacial score (nSPS) is 12.5. The van der Waals surface area contributed by atoms with Gasteiger partial charge in [-0.25, -0.2) is 0 Å². The van der Waals surface area contributed by atoms with Crippen LogP contribution in [0.2, 0.25) is 0 Å². The summed E-state index contributed by atoms with van der Waals surface area (Å²) in [6.07, 6.45) is -3.95. The number of aromatic nitrogens is 1. The molecule has 0 spiro atoms. The van der Waals surface area contributed by atoms with Crippen LogP contribution in [0.4, 0.5) is 13.2 Å². The van der Waals surface area contributed by atoms with Crippen molar-refractivity contribution in [2.75, 3.05) is 7.11 Å². The molecule has 0 bridgehead atoms. The zero-order valence-electron chi connectivity index (χ0n) is 14.6. The number of methoxy groups -OCH3 is 1. The van der Waals surface area contributed by atoms with Crippen molar-refractivity contribution in [2.24, 2.45) is 0 Å². The number of ether oxygens (including phenoxy) is 1. The molecule has 0 aliphatic carbocycles. The van der Waals surface area contributed by atoms with Crippen LogP contribution in [0.15, 0.2) is 41.3 Å². The Kier molecular flexibility index (Phi) is 5.74. The standard InChI is InChI=1S/C18H19F3N2O3/c1-11-4-6-15(26-3)14(8-11)12(2)22-16(24)10-23-9-13(18(19,20)21)5-7-17(23)25/h4-9,12H,10H2,1-3H3,(H,22,24)/t12-/m0/s1. The third-order valence-corrected chi connectivity index (χ3v) is 3.85. The summed E-state index contributed by atoms with van der Waals surface area (Å²) in [5.74, 6) is 0.00196. The number of aryl methyl sites for hydroxylation is 1. The van der Waals surface area contributed by atoms with Crippen molar-refractivity contribution < 1.29 is 22.7 Å². The highest BCUT2D eigenvalue weighted by Gasteiger charge is 2.31. The summed E-state index contributed by atoms with van der Waals surface area (Å²) in [4.78, 5) is 23.9. The fourth-order valence-electron chi connectivity index (χ4n) is 2.53. The summed E-state index contributed by atoms with van der Waals surface area (Å²) < 4.78 is 44.3. The topological polar surface area (TPSA) is 60.3 Å². The van der Waals surface area contributed by atoms with E-state index in [1.54, 1.807) is 13.0 Å². The molecule has 0 saturated carbocycles. The van der Waals surface area contributed by atoms with Gasteiger partial charge in [0.2, 0.25) is 5.91 Å². The van der Waals surface area contributed by atoms with E-state index in [1.807, 2.05) is 19.1 Å². The lowest BCUT2D eigenvalue weighted by Gasteiger charge is -2.18. The zero-order valence-corrected chi connectivity index (χ0v) is 14.6. The molecule has 0 aliphatic rings. The minimum absolute atomic E-state index is 0.446. The SMILES string of the molecule is COc1ccc(C)cc1[C@H](C)NC(=O)Cn1cc(C(F)(F)F)ccc1=O. The first-order valence-electron chi connectivity index (χ1n) is 7.83. The average Bonchev–Trinajstić information content (AvgIpc) is 2.55. The minimum Gasteiger partial charge on any atom is -0.496 e. The van der Waals surface area contributed by atoms with Gasteiger partial charge in [0.25, 0.3) is 5.56 Å². The van der Waals surface area contributed by atoms with Gasteiger partial charge in [0.1, 0.15) is 12.3 Å². The van der Waals surface area contributed by atoms with E-state index in [1.165, 1.54) is 7.11 Å².